The SMILES string of the molecule is CCCC(C#N)C(=O)Nc1cccc(OC(C)CC)c1. The third-order valence-corrected chi connectivity index (χ3v) is 3.06. The van der Waals surface area contributed by atoms with E-state index in [2.05, 4.69) is 12.2 Å². The molecular formula is C16H22N2O2. The summed E-state index contributed by atoms with van der Waals surface area (Å²) in [5, 5.41) is 11.7. The van der Waals surface area contributed by atoms with Crippen molar-refractivity contribution in [3.63, 3.8) is 0 Å². The van der Waals surface area contributed by atoms with Crippen molar-refractivity contribution in [2.45, 2.75) is 46.1 Å². The number of amides is 1. The molecule has 0 fully saturated rings. The zero-order chi connectivity index (χ0) is 15.0. The zero-order valence-corrected chi connectivity index (χ0v) is 12.3. The number of rotatable bonds is 7. The van der Waals surface area contributed by atoms with Crippen LogP contribution in [0.15, 0.2) is 24.3 Å². The van der Waals surface area contributed by atoms with Gasteiger partial charge in [0.15, 0.2) is 0 Å². The van der Waals surface area contributed by atoms with Crippen molar-refractivity contribution in [1.29, 1.82) is 5.26 Å². The van der Waals surface area contributed by atoms with E-state index in [4.69, 9.17) is 10.00 Å². The first-order valence-electron chi connectivity index (χ1n) is 7.07. The van der Waals surface area contributed by atoms with Crippen LogP contribution in [0.2, 0.25) is 0 Å². The fourth-order valence-corrected chi connectivity index (χ4v) is 1.74. The van der Waals surface area contributed by atoms with Gasteiger partial charge in [-0.2, -0.15) is 5.26 Å². The molecule has 0 bridgehead atoms. The summed E-state index contributed by atoms with van der Waals surface area (Å²) in [6.45, 7) is 6.01. The smallest absolute Gasteiger partial charge is 0.241 e. The highest BCUT2D eigenvalue weighted by Gasteiger charge is 2.16. The number of nitriles is 1. The summed E-state index contributed by atoms with van der Waals surface area (Å²) in [7, 11) is 0. The van der Waals surface area contributed by atoms with Crippen LogP contribution < -0.4 is 10.1 Å². The number of nitrogens with zero attached hydrogens (tertiary/aromatic N) is 1. The van der Waals surface area contributed by atoms with E-state index < -0.39 is 5.92 Å². The van der Waals surface area contributed by atoms with E-state index in [1.165, 1.54) is 0 Å². The molecule has 1 amide bonds. The Hall–Kier alpha value is -2.02. The van der Waals surface area contributed by atoms with Gasteiger partial charge < -0.3 is 10.1 Å². The van der Waals surface area contributed by atoms with Crippen LogP contribution in [-0.4, -0.2) is 12.0 Å². The standard InChI is InChI=1S/C16H22N2O2/c1-4-7-13(11-17)16(19)18-14-8-6-9-15(10-14)20-12(3)5-2/h6,8-10,12-13H,4-5,7H2,1-3H3,(H,18,19). The molecule has 1 rings (SSSR count). The Morgan fingerprint density at radius 1 is 1.45 bits per heavy atom. The van der Waals surface area contributed by atoms with Crippen molar-refractivity contribution >= 4 is 11.6 Å². The summed E-state index contributed by atoms with van der Waals surface area (Å²) in [4.78, 5) is 11.9. The number of carbonyl (C=O) groups excluding carboxylic acids is 1. The van der Waals surface area contributed by atoms with Crippen LogP contribution in [0, 0.1) is 17.2 Å². The van der Waals surface area contributed by atoms with E-state index in [0.29, 0.717) is 12.1 Å². The number of carbonyl (C=O) groups is 1. The van der Waals surface area contributed by atoms with Gasteiger partial charge in [-0.05, 0) is 31.9 Å². The van der Waals surface area contributed by atoms with Crippen molar-refractivity contribution in [2.75, 3.05) is 5.32 Å². The summed E-state index contributed by atoms with van der Waals surface area (Å²) in [5.74, 6) is -0.129. The highest BCUT2D eigenvalue weighted by Crippen LogP contribution is 2.20. The molecule has 1 aromatic carbocycles. The van der Waals surface area contributed by atoms with Gasteiger partial charge in [-0.1, -0.05) is 26.3 Å². The van der Waals surface area contributed by atoms with E-state index in [1.54, 1.807) is 12.1 Å². The summed E-state index contributed by atoms with van der Waals surface area (Å²) >= 11 is 0. The maximum absolute atomic E-state index is 11.9. The van der Waals surface area contributed by atoms with E-state index in [-0.39, 0.29) is 12.0 Å². The summed E-state index contributed by atoms with van der Waals surface area (Å²) in [6.07, 6.45) is 2.44. The zero-order valence-electron chi connectivity index (χ0n) is 12.3. The first kappa shape index (κ1) is 16.0. The van der Waals surface area contributed by atoms with Crippen LogP contribution >= 0.6 is 0 Å². The molecule has 2 unspecified atom stereocenters. The molecule has 0 saturated carbocycles. The molecule has 4 heteroatoms. The number of anilines is 1. The molecule has 1 N–H and O–H groups in total. The summed E-state index contributed by atoms with van der Waals surface area (Å²) < 4.78 is 5.70. The Kier molecular flexibility index (Phi) is 6.58. The molecule has 0 spiro atoms. The van der Waals surface area contributed by atoms with Crippen molar-refractivity contribution in [1.82, 2.24) is 0 Å². The minimum Gasteiger partial charge on any atom is -0.491 e. The van der Waals surface area contributed by atoms with Crippen molar-refractivity contribution in [3.8, 4) is 11.8 Å². The molecule has 0 aliphatic heterocycles. The number of hydrogen-bond donors (Lipinski definition) is 1. The second kappa shape index (κ2) is 8.21. The average Bonchev–Trinajstić information content (AvgIpc) is 2.44. The molecule has 0 saturated heterocycles. The summed E-state index contributed by atoms with van der Waals surface area (Å²) in [6, 6.07) is 9.30. The van der Waals surface area contributed by atoms with E-state index in [9.17, 15) is 4.79 Å². The second-order valence-electron chi connectivity index (χ2n) is 4.82. The average molecular weight is 274 g/mol. The molecule has 1 aromatic rings. The van der Waals surface area contributed by atoms with E-state index in [1.807, 2.05) is 32.0 Å². The van der Waals surface area contributed by atoms with Gasteiger partial charge >= 0.3 is 0 Å². The fourth-order valence-electron chi connectivity index (χ4n) is 1.74. The number of ether oxygens (including phenoxy) is 1. The predicted molar refractivity (Wildman–Crippen MR) is 79.5 cm³/mol. The second-order valence-corrected chi connectivity index (χ2v) is 4.82. The lowest BCUT2D eigenvalue weighted by atomic mass is 10.0. The van der Waals surface area contributed by atoms with Gasteiger partial charge in [-0.3, -0.25) is 4.79 Å². The molecule has 0 radical (unpaired) electrons. The molecule has 20 heavy (non-hydrogen) atoms. The van der Waals surface area contributed by atoms with Gasteiger partial charge in [0.25, 0.3) is 0 Å². The Bertz CT molecular complexity index is 480. The third kappa shape index (κ3) is 4.93. The molecular weight excluding hydrogens is 252 g/mol. The lowest BCUT2D eigenvalue weighted by molar-refractivity contribution is -0.118. The minimum absolute atomic E-state index is 0.132. The lowest BCUT2D eigenvalue weighted by Gasteiger charge is -2.14. The molecule has 2 atom stereocenters. The van der Waals surface area contributed by atoms with Crippen molar-refractivity contribution in [3.05, 3.63) is 24.3 Å². The molecule has 0 heterocycles. The number of nitrogens with one attached hydrogen (secondary N) is 1. The first-order valence-corrected chi connectivity index (χ1v) is 7.07. The largest absolute Gasteiger partial charge is 0.491 e. The number of hydrogen-bond acceptors (Lipinski definition) is 3. The van der Waals surface area contributed by atoms with Crippen molar-refractivity contribution in [2.24, 2.45) is 5.92 Å². The van der Waals surface area contributed by atoms with Gasteiger partial charge in [-0.15, -0.1) is 0 Å². The molecule has 4 nitrogen and oxygen atoms in total. The van der Waals surface area contributed by atoms with Gasteiger partial charge in [0.05, 0.1) is 12.2 Å². The topological polar surface area (TPSA) is 62.1 Å². The Labute approximate surface area is 120 Å². The lowest BCUT2D eigenvalue weighted by Crippen LogP contribution is -2.21. The highest BCUT2D eigenvalue weighted by atomic mass is 16.5. The Morgan fingerprint density at radius 3 is 2.80 bits per heavy atom. The van der Waals surface area contributed by atoms with Crippen LogP contribution in [0.3, 0.4) is 0 Å². The van der Waals surface area contributed by atoms with Crippen LogP contribution in [0.1, 0.15) is 40.0 Å². The van der Waals surface area contributed by atoms with Crippen LogP contribution in [0.5, 0.6) is 5.75 Å². The van der Waals surface area contributed by atoms with Gasteiger partial charge in [0, 0.05) is 11.8 Å². The predicted octanol–water partition coefficient (Wildman–Crippen LogP) is 3.74. The van der Waals surface area contributed by atoms with Crippen LogP contribution in [-0.2, 0) is 4.79 Å². The molecule has 108 valence electrons. The molecule has 0 aromatic heterocycles. The maximum atomic E-state index is 11.9. The molecule has 0 aliphatic rings. The van der Waals surface area contributed by atoms with Crippen molar-refractivity contribution < 1.29 is 9.53 Å². The molecule has 0 aliphatic carbocycles. The Morgan fingerprint density at radius 2 is 2.20 bits per heavy atom. The minimum atomic E-state index is -0.598. The number of benzene rings is 1. The van der Waals surface area contributed by atoms with E-state index >= 15 is 0 Å². The quantitative estimate of drug-likeness (QED) is 0.823. The third-order valence-electron chi connectivity index (χ3n) is 3.06. The fraction of sp³-hybridized carbons (Fsp3) is 0.500. The monoisotopic (exact) mass is 274 g/mol. The van der Waals surface area contributed by atoms with Gasteiger partial charge in [0.1, 0.15) is 11.7 Å². The Balaban J connectivity index is 2.70. The first-order chi connectivity index (χ1) is 9.60. The van der Waals surface area contributed by atoms with Gasteiger partial charge in [-0.25, -0.2) is 0 Å². The van der Waals surface area contributed by atoms with Gasteiger partial charge in [0.2, 0.25) is 5.91 Å². The van der Waals surface area contributed by atoms with E-state index in [0.717, 1.165) is 18.6 Å². The highest BCUT2D eigenvalue weighted by molar-refractivity contribution is 5.94. The summed E-state index contributed by atoms with van der Waals surface area (Å²) in [5.41, 5.74) is 0.659. The maximum Gasteiger partial charge on any atom is 0.241 e. The normalized spacial score (nSPS) is 13.1. The van der Waals surface area contributed by atoms with Crippen LogP contribution in [0.25, 0.3) is 0 Å². The van der Waals surface area contributed by atoms with Crippen LogP contribution in [0.4, 0.5) is 5.69 Å².